The third kappa shape index (κ3) is 4.98. The molecular formula is C23H28N2O2. The second-order valence-electron chi connectivity index (χ2n) is 7.22. The highest BCUT2D eigenvalue weighted by molar-refractivity contribution is 5.85. The second-order valence-corrected chi connectivity index (χ2v) is 7.22. The van der Waals surface area contributed by atoms with Gasteiger partial charge in [0.05, 0.1) is 0 Å². The van der Waals surface area contributed by atoms with Gasteiger partial charge in [-0.25, -0.2) is 0 Å². The molecule has 0 bridgehead atoms. The van der Waals surface area contributed by atoms with Crippen molar-refractivity contribution in [2.75, 3.05) is 27.2 Å². The molecule has 0 aromatic heterocycles. The van der Waals surface area contributed by atoms with Crippen LogP contribution in [-0.4, -0.2) is 38.0 Å². The quantitative estimate of drug-likeness (QED) is 0.851. The third-order valence-electron chi connectivity index (χ3n) is 4.74. The first-order valence-corrected chi connectivity index (χ1v) is 9.48. The number of nitrogens with zero attached hydrogens (tertiary/aromatic N) is 1. The predicted octanol–water partition coefficient (Wildman–Crippen LogP) is 3.64. The fourth-order valence-electron chi connectivity index (χ4n) is 3.35. The molecule has 1 aliphatic heterocycles. The standard InChI is InChI=1S/C23H28N2O2/c1-17(26)24-13-12-18-10-11-23-22(15-18)21(9-6-14-25(2)3)20-8-5-4-7-19(20)16-27-23/h4-5,7-11,15H,6,12-14,16H2,1-3H3,(H,24,26)/b21-9-. The van der Waals surface area contributed by atoms with E-state index in [1.165, 1.54) is 22.3 Å². The molecule has 2 aromatic rings. The number of amides is 1. The molecule has 0 spiro atoms. The molecule has 27 heavy (non-hydrogen) atoms. The van der Waals surface area contributed by atoms with E-state index in [1.54, 1.807) is 6.92 Å². The molecule has 3 rings (SSSR count). The van der Waals surface area contributed by atoms with Gasteiger partial charge in [-0.15, -0.1) is 0 Å². The van der Waals surface area contributed by atoms with Crippen LogP contribution in [0, 0.1) is 0 Å². The van der Waals surface area contributed by atoms with Crippen LogP contribution in [0.4, 0.5) is 0 Å². The number of fused-ring (bicyclic) bond motifs is 2. The van der Waals surface area contributed by atoms with Crippen molar-refractivity contribution < 1.29 is 9.53 Å². The molecule has 142 valence electrons. The Morgan fingerprint density at radius 3 is 2.78 bits per heavy atom. The fraction of sp³-hybridized carbons (Fsp3) is 0.348. The van der Waals surface area contributed by atoms with E-state index < -0.39 is 0 Å². The van der Waals surface area contributed by atoms with Crippen molar-refractivity contribution >= 4 is 11.5 Å². The lowest BCUT2D eigenvalue weighted by Gasteiger charge is -2.14. The summed E-state index contributed by atoms with van der Waals surface area (Å²) in [6.45, 7) is 3.78. The van der Waals surface area contributed by atoms with Crippen LogP contribution in [-0.2, 0) is 17.8 Å². The normalized spacial score (nSPS) is 14.3. The van der Waals surface area contributed by atoms with E-state index in [9.17, 15) is 4.79 Å². The highest BCUT2D eigenvalue weighted by Crippen LogP contribution is 2.37. The minimum atomic E-state index is 0.00583. The zero-order valence-electron chi connectivity index (χ0n) is 16.4. The van der Waals surface area contributed by atoms with E-state index in [0.29, 0.717) is 13.2 Å². The van der Waals surface area contributed by atoms with Crippen LogP contribution < -0.4 is 10.1 Å². The van der Waals surface area contributed by atoms with Crippen molar-refractivity contribution in [3.8, 4) is 5.75 Å². The number of carbonyl (C=O) groups is 1. The molecule has 1 amide bonds. The lowest BCUT2D eigenvalue weighted by atomic mass is 9.92. The molecule has 0 saturated heterocycles. The van der Waals surface area contributed by atoms with E-state index >= 15 is 0 Å². The summed E-state index contributed by atoms with van der Waals surface area (Å²) in [6.07, 6.45) is 4.11. The van der Waals surface area contributed by atoms with Crippen molar-refractivity contribution in [1.82, 2.24) is 10.2 Å². The van der Waals surface area contributed by atoms with E-state index in [2.05, 4.69) is 72.9 Å². The molecule has 0 atom stereocenters. The van der Waals surface area contributed by atoms with Crippen LogP contribution in [0.2, 0.25) is 0 Å². The Balaban J connectivity index is 1.96. The minimum absolute atomic E-state index is 0.00583. The molecule has 4 heteroatoms. The van der Waals surface area contributed by atoms with Gasteiger partial charge in [-0.3, -0.25) is 4.79 Å². The van der Waals surface area contributed by atoms with Gasteiger partial charge in [-0.2, -0.15) is 0 Å². The summed E-state index contributed by atoms with van der Waals surface area (Å²) < 4.78 is 6.11. The van der Waals surface area contributed by atoms with E-state index in [1.807, 2.05) is 0 Å². The highest BCUT2D eigenvalue weighted by Gasteiger charge is 2.19. The Kier molecular flexibility index (Phi) is 6.30. The van der Waals surface area contributed by atoms with Crippen molar-refractivity contribution in [1.29, 1.82) is 0 Å². The molecule has 1 N–H and O–H groups in total. The molecule has 1 heterocycles. The summed E-state index contributed by atoms with van der Waals surface area (Å²) in [6, 6.07) is 14.8. The fourth-order valence-corrected chi connectivity index (χ4v) is 3.35. The van der Waals surface area contributed by atoms with E-state index in [-0.39, 0.29) is 5.91 Å². The van der Waals surface area contributed by atoms with Gasteiger partial charge in [0.25, 0.3) is 0 Å². The average molecular weight is 364 g/mol. The van der Waals surface area contributed by atoms with Gasteiger partial charge in [0.2, 0.25) is 5.91 Å². The first kappa shape index (κ1) is 19.2. The van der Waals surface area contributed by atoms with Crippen molar-refractivity contribution in [3.05, 3.63) is 70.8 Å². The number of hydrogen-bond acceptors (Lipinski definition) is 3. The molecule has 0 aliphatic carbocycles. The van der Waals surface area contributed by atoms with Gasteiger partial charge < -0.3 is 15.0 Å². The topological polar surface area (TPSA) is 41.6 Å². The number of hydrogen-bond donors (Lipinski definition) is 1. The van der Waals surface area contributed by atoms with Crippen LogP contribution in [0.5, 0.6) is 5.75 Å². The predicted molar refractivity (Wildman–Crippen MR) is 110 cm³/mol. The third-order valence-corrected chi connectivity index (χ3v) is 4.74. The number of carbonyl (C=O) groups excluding carboxylic acids is 1. The zero-order chi connectivity index (χ0) is 19.2. The summed E-state index contributed by atoms with van der Waals surface area (Å²) in [4.78, 5) is 13.3. The molecule has 0 radical (unpaired) electrons. The SMILES string of the molecule is CC(=O)NCCc1ccc2c(c1)/C(=C\CCN(C)C)c1ccccc1CO2. The van der Waals surface area contributed by atoms with Crippen molar-refractivity contribution in [3.63, 3.8) is 0 Å². The first-order valence-electron chi connectivity index (χ1n) is 9.48. The second kappa shape index (κ2) is 8.87. The molecule has 0 saturated carbocycles. The maximum atomic E-state index is 11.1. The Bertz CT molecular complexity index is 840. The summed E-state index contributed by atoms with van der Waals surface area (Å²) in [5, 5.41) is 2.87. The van der Waals surface area contributed by atoms with Crippen LogP contribution in [0.25, 0.3) is 5.57 Å². The van der Waals surface area contributed by atoms with Gasteiger partial charge in [0.15, 0.2) is 0 Å². The molecule has 1 aliphatic rings. The zero-order valence-corrected chi connectivity index (χ0v) is 16.4. The highest BCUT2D eigenvalue weighted by atomic mass is 16.5. The Morgan fingerprint density at radius 2 is 2.00 bits per heavy atom. The summed E-state index contributed by atoms with van der Waals surface area (Å²) >= 11 is 0. The van der Waals surface area contributed by atoms with Crippen LogP contribution in [0.1, 0.15) is 35.6 Å². The first-order chi connectivity index (χ1) is 13.0. The van der Waals surface area contributed by atoms with Gasteiger partial charge in [0.1, 0.15) is 12.4 Å². The molecule has 4 nitrogen and oxygen atoms in total. The van der Waals surface area contributed by atoms with Gasteiger partial charge >= 0.3 is 0 Å². The Labute approximate surface area is 161 Å². The van der Waals surface area contributed by atoms with E-state index in [4.69, 9.17) is 4.74 Å². The lowest BCUT2D eigenvalue weighted by Crippen LogP contribution is -2.22. The summed E-state index contributed by atoms with van der Waals surface area (Å²) in [5.74, 6) is 0.928. The van der Waals surface area contributed by atoms with Crippen molar-refractivity contribution in [2.24, 2.45) is 0 Å². The van der Waals surface area contributed by atoms with Crippen LogP contribution in [0.15, 0.2) is 48.5 Å². The molecule has 0 fully saturated rings. The lowest BCUT2D eigenvalue weighted by molar-refractivity contribution is -0.118. The monoisotopic (exact) mass is 364 g/mol. The van der Waals surface area contributed by atoms with Gasteiger partial charge in [-0.1, -0.05) is 36.4 Å². The van der Waals surface area contributed by atoms with Gasteiger partial charge in [0, 0.05) is 25.6 Å². The maximum Gasteiger partial charge on any atom is 0.216 e. The molecule has 0 unspecified atom stereocenters. The number of benzene rings is 2. The van der Waals surface area contributed by atoms with E-state index in [0.717, 1.165) is 30.7 Å². The largest absolute Gasteiger partial charge is 0.488 e. The van der Waals surface area contributed by atoms with Crippen molar-refractivity contribution in [2.45, 2.75) is 26.4 Å². The number of nitrogens with one attached hydrogen (secondary N) is 1. The number of ether oxygens (including phenoxy) is 1. The number of rotatable bonds is 6. The van der Waals surface area contributed by atoms with Crippen LogP contribution >= 0.6 is 0 Å². The smallest absolute Gasteiger partial charge is 0.216 e. The maximum absolute atomic E-state index is 11.1. The van der Waals surface area contributed by atoms with Gasteiger partial charge in [-0.05, 0) is 61.3 Å². The molecule has 2 aromatic carbocycles. The molecular weight excluding hydrogens is 336 g/mol. The summed E-state index contributed by atoms with van der Waals surface area (Å²) in [7, 11) is 4.19. The summed E-state index contributed by atoms with van der Waals surface area (Å²) in [5.41, 5.74) is 6.03. The average Bonchev–Trinajstić information content (AvgIpc) is 2.78. The Morgan fingerprint density at radius 1 is 1.19 bits per heavy atom. The minimum Gasteiger partial charge on any atom is -0.488 e. The Hall–Kier alpha value is -2.59. The van der Waals surface area contributed by atoms with Crippen LogP contribution in [0.3, 0.4) is 0 Å².